The molecule has 5 heteroatoms. The van der Waals surface area contributed by atoms with Crippen molar-refractivity contribution in [3.63, 3.8) is 0 Å². The molecular weight excluding hydrogens is 190 g/mol. The molecular formula is C10H13N5. The monoisotopic (exact) mass is 203 g/mol. The predicted molar refractivity (Wildman–Crippen MR) is 55.9 cm³/mol. The van der Waals surface area contributed by atoms with Crippen molar-refractivity contribution in [2.45, 2.75) is 20.0 Å². The van der Waals surface area contributed by atoms with E-state index in [0.29, 0.717) is 0 Å². The van der Waals surface area contributed by atoms with Gasteiger partial charge in [-0.05, 0) is 13.0 Å². The van der Waals surface area contributed by atoms with Crippen LogP contribution in [-0.2, 0) is 13.1 Å². The molecule has 2 aromatic rings. The summed E-state index contributed by atoms with van der Waals surface area (Å²) in [4.78, 5) is 8.34. The van der Waals surface area contributed by atoms with Crippen molar-refractivity contribution in [1.82, 2.24) is 25.5 Å². The number of hydrogen-bond acceptors (Lipinski definition) is 4. The van der Waals surface area contributed by atoms with Crippen molar-refractivity contribution in [2.75, 3.05) is 0 Å². The van der Waals surface area contributed by atoms with Gasteiger partial charge in [0.05, 0.1) is 11.9 Å². The minimum atomic E-state index is 0.745. The van der Waals surface area contributed by atoms with Crippen LogP contribution in [0.3, 0.4) is 0 Å². The summed E-state index contributed by atoms with van der Waals surface area (Å²) in [6.45, 7) is 3.42. The smallest absolute Gasteiger partial charge is 0.125 e. The number of nitrogens with zero attached hydrogens (tertiary/aromatic N) is 3. The van der Waals surface area contributed by atoms with E-state index in [2.05, 4.69) is 25.5 Å². The number of rotatable bonds is 4. The summed E-state index contributed by atoms with van der Waals surface area (Å²) in [7, 11) is 0. The van der Waals surface area contributed by atoms with Crippen LogP contribution >= 0.6 is 0 Å². The first-order valence-electron chi connectivity index (χ1n) is 4.81. The molecule has 2 aromatic heterocycles. The molecule has 0 amide bonds. The summed E-state index contributed by atoms with van der Waals surface area (Å²) in [6.07, 6.45) is 5.45. The first kappa shape index (κ1) is 9.79. The molecule has 0 radical (unpaired) electrons. The second-order valence-corrected chi connectivity index (χ2v) is 3.31. The average molecular weight is 203 g/mol. The number of aryl methyl sites for hydroxylation is 1. The minimum absolute atomic E-state index is 0.745. The largest absolute Gasteiger partial charge is 0.307 e. The highest BCUT2D eigenvalue weighted by atomic mass is 15.1. The van der Waals surface area contributed by atoms with Crippen molar-refractivity contribution < 1.29 is 0 Å². The van der Waals surface area contributed by atoms with E-state index in [9.17, 15) is 0 Å². The molecule has 2 heterocycles. The fourth-order valence-electron chi connectivity index (χ4n) is 1.31. The summed E-state index contributed by atoms with van der Waals surface area (Å²) in [6, 6.07) is 1.91. The van der Waals surface area contributed by atoms with Crippen LogP contribution in [0.5, 0.6) is 0 Å². The molecule has 0 spiro atoms. The Morgan fingerprint density at radius 2 is 2.33 bits per heavy atom. The van der Waals surface area contributed by atoms with Crippen LogP contribution in [0.15, 0.2) is 24.7 Å². The van der Waals surface area contributed by atoms with Gasteiger partial charge in [-0.1, -0.05) is 0 Å². The molecule has 0 saturated carbocycles. The van der Waals surface area contributed by atoms with Crippen LogP contribution in [0.25, 0.3) is 0 Å². The topological polar surface area (TPSA) is 66.5 Å². The summed E-state index contributed by atoms with van der Waals surface area (Å²) in [5, 5.41) is 9.92. The highest BCUT2D eigenvalue weighted by Crippen LogP contribution is 1.96. The fraction of sp³-hybridized carbons (Fsp3) is 0.300. The SMILES string of the molecule is Cc1nccc(CNCc2cn[nH]c2)n1. The maximum absolute atomic E-state index is 4.29. The molecule has 2 N–H and O–H groups in total. The van der Waals surface area contributed by atoms with Gasteiger partial charge in [-0.2, -0.15) is 5.10 Å². The molecule has 0 aliphatic carbocycles. The molecule has 15 heavy (non-hydrogen) atoms. The highest BCUT2D eigenvalue weighted by Gasteiger charge is 1.96. The molecule has 0 aromatic carbocycles. The molecule has 0 bridgehead atoms. The average Bonchev–Trinajstić information content (AvgIpc) is 2.71. The van der Waals surface area contributed by atoms with Crippen molar-refractivity contribution >= 4 is 0 Å². The normalized spacial score (nSPS) is 10.5. The Hall–Kier alpha value is -1.75. The second kappa shape index (κ2) is 4.65. The van der Waals surface area contributed by atoms with E-state index in [1.54, 1.807) is 12.4 Å². The highest BCUT2D eigenvalue weighted by molar-refractivity contribution is 5.04. The third-order valence-corrected chi connectivity index (χ3v) is 2.02. The summed E-state index contributed by atoms with van der Waals surface area (Å²) >= 11 is 0. The molecule has 0 fully saturated rings. The molecule has 0 aliphatic heterocycles. The van der Waals surface area contributed by atoms with Gasteiger partial charge < -0.3 is 5.32 Å². The number of aromatic amines is 1. The van der Waals surface area contributed by atoms with Gasteiger partial charge in [0.15, 0.2) is 0 Å². The predicted octanol–water partition coefficient (Wildman–Crippen LogP) is 0.798. The van der Waals surface area contributed by atoms with Crippen molar-refractivity contribution in [3.05, 3.63) is 41.7 Å². The first-order chi connectivity index (χ1) is 7.34. The summed E-state index contributed by atoms with van der Waals surface area (Å²) in [5.41, 5.74) is 2.15. The summed E-state index contributed by atoms with van der Waals surface area (Å²) in [5.74, 6) is 0.803. The van der Waals surface area contributed by atoms with Gasteiger partial charge in [0, 0.05) is 31.0 Å². The fourth-order valence-corrected chi connectivity index (χ4v) is 1.31. The van der Waals surface area contributed by atoms with Crippen molar-refractivity contribution in [2.24, 2.45) is 0 Å². The van der Waals surface area contributed by atoms with E-state index in [-0.39, 0.29) is 0 Å². The van der Waals surface area contributed by atoms with Gasteiger partial charge in [0.1, 0.15) is 5.82 Å². The number of H-pyrrole nitrogens is 1. The van der Waals surface area contributed by atoms with Gasteiger partial charge in [-0.3, -0.25) is 5.10 Å². The lowest BCUT2D eigenvalue weighted by atomic mass is 10.3. The molecule has 0 atom stereocenters. The number of aromatic nitrogens is 4. The van der Waals surface area contributed by atoms with Crippen LogP contribution in [0.4, 0.5) is 0 Å². The summed E-state index contributed by atoms with van der Waals surface area (Å²) < 4.78 is 0. The van der Waals surface area contributed by atoms with E-state index < -0.39 is 0 Å². The van der Waals surface area contributed by atoms with Crippen molar-refractivity contribution in [3.8, 4) is 0 Å². The Bertz CT molecular complexity index is 410. The van der Waals surface area contributed by atoms with Crippen LogP contribution in [0.2, 0.25) is 0 Å². The third kappa shape index (κ3) is 2.85. The number of hydrogen-bond donors (Lipinski definition) is 2. The third-order valence-electron chi connectivity index (χ3n) is 2.02. The molecule has 2 rings (SSSR count). The number of nitrogens with one attached hydrogen (secondary N) is 2. The molecule has 0 saturated heterocycles. The van der Waals surface area contributed by atoms with E-state index >= 15 is 0 Å². The van der Waals surface area contributed by atoms with Gasteiger partial charge in [-0.15, -0.1) is 0 Å². The van der Waals surface area contributed by atoms with E-state index in [1.165, 1.54) is 0 Å². The van der Waals surface area contributed by atoms with E-state index in [0.717, 1.165) is 30.2 Å². The van der Waals surface area contributed by atoms with Gasteiger partial charge >= 0.3 is 0 Å². The van der Waals surface area contributed by atoms with E-state index in [4.69, 9.17) is 0 Å². The van der Waals surface area contributed by atoms with Crippen LogP contribution in [0, 0.1) is 6.92 Å². The lowest BCUT2D eigenvalue weighted by molar-refractivity contribution is 0.675. The molecule has 78 valence electrons. The Morgan fingerprint density at radius 3 is 3.07 bits per heavy atom. The standard InChI is InChI=1S/C10H13N5/c1-8-12-3-2-10(15-8)7-11-4-9-5-13-14-6-9/h2-3,5-6,11H,4,7H2,1H3,(H,13,14). The maximum Gasteiger partial charge on any atom is 0.125 e. The van der Waals surface area contributed by atoms with Gasteiger partial charge in [0.2, 0.25) is 0 Å². The van der Waals surface area contributed by atoms with Crippen LogP contribution < -0.4 is 5.32 Å². The van der Waals surface area contributed by atoms with Crippen molar-refractivity contribution in [1.29, 1.82) is 0 Å². The van der Waals surface area contributed by atoms with Gasteiger partial charge in [0.25, 0.3) is 0 Å². The Balaban J connectivity index is 1.83. The Morgan fingerprint density at radius 1 is 1.40 bits per heavy atom. The zero-order valence-electron chi connectivity index (χ0n) is 8.57. The van der Waals surface area contributed by atoms with Crippen LogP contribution in [0.1, 0.15) is 17.1 Å². The van der Waals surface area contributed by atoms with E-state index in [1.807, 2.05) is 19.2 Å². The van der Waals surface area contributed by atoms with Crippen LogP contribution in [-0.4, -0.2) is 20.2 Å². The zero-order valence-corrected chi connectivity index (χ0v) is 8.57. The quantitative estimate of drug-likeness (QED) is 0.771. The molecule has 0 aliphatic rings. The van der Waals surface area contributed by atoms with Gasteiger partial charge in [-0.25, -0.2) is 9.97 Å². The lowest BCUT2D eigenvalue weighted by Crippen LogP contribution is -2.13. The zero-order chi connectivity index (χ0) is 10.5. The molecule has 5 nitrogen and oxygen atoms in total. The Kier molecular flexibility index (Phi) is 3.04. The minimum Gasteiger partial charge on any atom is -0.307 e. The Labute approximate surface area is 88.0 Å². The molecule has 0 unspecified atom stereocenters. The first-order valence-corrected chi connectivity index (χ1v) is 4.81. The maximum atomic E-state index is 4.29. The second-order valence-electron chi connectivity index (χ2n) is 3.31. The lowest BCUT2D eigenvalue weighted by Gasteiger charge is -2.02.